The lowest BCUT2D eigenvalue weighted by molar-refractivity contribution is 0.610. The Bertz CT molecular complexity index is 1920. The van der Waals surface area contributed by atoms with E-state index < -0.39 is 0 Å². The van der Waals surface area contributed by atoms with E-state index in [2.05, 4.69) is 4.98 Å². The van der Waals surface area contributed by atoms with Crippen molar-refractivity contribution in [3.05, 3.63) is 121 Å². The predicted octanol–water partition coefficient (Wildman–Crippen LogP) is 5.33. The number of halogens is 1. The molecule has 0 amide bonds. The first kappa shape index (κ1) is 23.4. The molecule has 0 N–H and O–H groups in total. The summed E-state index contributed by atoms with van der Waals surface area (Å²) >= 11 is 7.52. The van der Waals surface area contributed by atoms with Gasteiger partial charge in [-0.3, -0.25) is 14.3 Å². The summed E-state index contributed by atoms with van der Waals surface area (Å²) < 4.78 is 6.02. The number of benzene rings is 2. The van der Waals surface area contributed by atoms with Crippen molar-refractivity contribution in [3.8, 4) is 5.13 Å². The van der Waals surface area contributed by atoms with Crippen molar-refractivity contribution in [2.45, 2.75) is 26.9 Å². The van der Waals surface area contributed by atoms with Gasteiger partial charge in [-0.05, 0) is 49.2 Å². The molecule has 0 spiro atoms. The average Bonchev–Trinajstić information content (AvgIpc) is 3.40. The van der Waals surface area contributed by atoms with Crippen molar-refractivity contribution in [2.24, 2.45) is 0 Å². The summed E-state index contributed by atoms with van der Waals surface area (Å²) in [6.45, 7) is 4.44. The van der Waals surface area contributed by atoms with Gasteiger partial charge >= 0.3 is 0 Å². The molecule has 7 nitrogen and oxygen atoms in total. The smallest absolute Gasteiger partial charge is 0.283 e. The van der Waals surface area contributed by atoms with E-state index in [0.717, 1.165) is 21.3 Å². The Balaban J connectivity index is 1.61. The third-order valence-electron chi connectivity index (χ3n) is 6.46. The van der Waals surface area contributed by atoms with Crippen LogP contribution in [0.5, 0.6) is 0 Å². The lowest BCUT2D eigenvalue weighted by Crippen LogP contribution is -2.24. The first-order valence-corrected chi connectivity index (χ1v) is 13.0. The largest absolute Gasteiger partial charge is 0.306 e. The number of pyridine rings is 2. The molecule has 0 atom stereocenters. The summed E-state index contributed by atoms with van der Waals surface area (Å²) in [5.74, 6) is 0. The Labute approximate surface area is 220 Å². The average molecular weight is 528 g/mol. The van der Waals surface area contributed by atoms with Gasteiger partial charge in [0.05, 0.1) is 39.9 Å². The van der Waals surface area contributed by atoms with Crippen LogP contribution in [0.25, 0.3) is 26.3 Å². The topological polar surface area (TPSA) is 74.7 Å². The fraction of sp³-hybridized carbons (Fsp3) is 0.143. The second-order valence-corrected chi connectivity index (χ2v) is 10.4. The molecule has 0 aliphatic heterocycles. The summed E-state index contributed by atoms with van der Waals surface area (Å²) in [7, 11) is 0. The fourth-order valence-corrected chi connectivity index (χ4v) is 5.79. The van der Waals surface area contributed by atoms with Gasteiger partial charge in [-0.15, -0.1) is 0 Å². The summed E-state index contributed by atoms with van der Waals surface area (Å²) in [4.78, 5) is 36.5. The van der Waals surface area contributed by atoms with Gasteiger partial charge in [-0.2, -0.15) is 4.68 Å². The number of nitrogens with zero attached hydrogens (tertiary/aromatic N) is 5. The Morgan fingerprint density at radius 1 is 0.892 bits per heavy atom. The highest BCUT2D eigenvalue weighted by molar-refractivity contribution is 7.20. The maximum Gasteiger partial charge on any atom is 0.283 e. The number of thiazole rings is 1. The molecular weight excluding hydrogens is 506 g/mol. The molecule has 9 heteroatoms. The monoisotopic (exact) mass is 527 g/mol. The summed E-state index contributed by atoms with van der Waals surface area (Å²) in [6, 6.07) is 22.8. The molecule has 0 bridgehead atoms. The standard InChI is InChI=1S/C28H22ClN5O2S/c1-17-11-12-23-21(13-17)31-28(37-23)34-27(36)26-18(2)32(16-20-9-6-10-24(29)30-20)25(35)14-22(26)33(34)15-19-7-4-3-5-8-19/h3-14H,15-16H2,1-2H3. The van der Waals surface area contributed by atoms with E-state index in [1.807, 2.05) is 66.2 Å². The van der Waals surface area contributed by atoms with Crippen LogP contribution in [0.1, 0.15) is 22.5 Å². The summed E-state index contributed by atoms with van der Waals surface area (Å²) in [5.41, 5.74) is 4.31. The van der Waals surface area contributed by atoms with E-state index >= 15 is 0 Å². The van der Waals surface area contributed by atoms with Gasteiger partial charge in [0, 0.05) is 11.8 Å². The van der Waals surface area contributed by atoms with Crippen LogP contribution in [-0.2, 0) is 13.1 Å². The minimum absolute atomic E-state index is 0.213. The van der Waals surface area contributed by atoms with E-state index in [1.165, 1.54) is 17.4 Å². The SMILES string of the molecule is Cc1ccc2sc(-n3c(=O)c4c(C)n(Cc5cccc(Cl)n5)c(=O)cc4n3Cc3ccccc3)nc2c1. The fourth-order valence-electron chi connectivity index (χ4n) is 4.66. The zero-order valence-electron chi connectivity index (χ0n) is 20.2. The third-order valence-corrected chi connectivity index (χ3v) is 7.68. The Hall–Kier alpha value is -4.01. The van der Waals surface area contributed by atoms with E-state index in [0.29, 0.717) is 39.1 Å². The molecule has 184 valence electrons. The van der Waals surface area contributed by atoms with Gasteiger partial charge in [0.1, 0.15) is 5.15 Å². The van der Waals surface area contributed by atoms with Crippen LogP contribution in [0.3, 0.4) is 0 Å². The Kier molecular flexibility index (Phi) is 5.78. The Morgan fingerprint density at radius 2 is 1.70 bits per heavy atom. The molecule has 6 rings (SSSR count). The maximum absolute atomic E-state index is 14.0. The number of hydrogen-bond donors (Lipinski definition) is 0. The number of aryl methyl sites for hydroxylation is 2. The molecule has 0 radical (unpaired) electrons. The van der Waals surface area contributed by atoms with Gasteiger partial charge in [-0.25, -0.2) is 9.97 Å². The van der Waals surface area contributed by atoms with Crippen LogP contribution in [0.15, 0.2) is 82.4 Å². The first-order valence-electron chi connectivity index (χ1n) is 11.8. The molecule has 0 saturated heterocycles. The van der Waals surface area contributed by atoms with Crippen molar-refractivity contribution in [2.75, 3.05) is 0 Å². The molecule has 0 saturated carbocycles. The molecule has 4 aromatic heterocycles. The molecule has 37 heavy (non-hydrogen) atoms. The molecular formula is C28H22ClN5O2S. The van der Waals surface area contributed by atoms with E-state index in [1.54, 1.807) is 28.3 Å². The third kappa shape index (κ3) is 4.18. The van der Waals surface area contributed by atoms with Crippen LogP contribution in [0.4, 0.5) is 0 Å². The summed E-state index contributed by atoms with van der Waals surface area (Å²) in [5, 5.41) is 1.40. The highest BCUT2D eigenvalue weighted by Crippen LogP contribution is 2.27. The van der Waals surface area contributed by atoms with Crippen LogP contribution >= 0.6 is 22.9 Å². The van der Waals surface area contributed by atoms with Gasteiger partial charge in [0.2, 0.25) is 5.13 Å². The first-order chi connectivity index (χ1) is 17.9. The predicted molar refractivity (Wildman–Crippen MR) is 148 cm³/mol. The number of aromatic nitrogens is 5. The molecule has 0 aliphatic rings. The van der Waals surface area contributed by atoms with E-state index in [9.17, 15) is 9.59 Å². The van der Waals surface area contributed by atoms with Crippen LogP contribution < -0.4 is 11.1 Å². The van der Waals surface area contributed by atoms with E-state index in [4.69, 9.17) is 16.6 Å². The zero-order chi connectivity index (χ0) is 25.7. The minimum atomic E-state index is -0.217. The number of rotatable bonds is 5. The van der Waals surface area contributed by atoms with Crippen molar-refractivity contribution in [1.82, 2.24) is 23.9 Å². The highest BCUT2D eigenvalue weighted by Gasteiger charge is 2.22. The number of fused-ring (bicyclic) bond motifs is 2. The maximum atomic E-state index is 14.0. The van der Waals surface area contributed by atoms with Gasteiger partial charge < -0.3 is 4.57 Å². The molecule has 2 aromatic carbocycles. The zero-order valence-corrected chi connectivity index (χ0v) is 21.8. The van der Waals surface area contributed by atoms with Gasteiger partial charge in [-0.1, -0.05) is 65.4 Å². The lowest BCUT2D eigenvalue weighted by Gasteiger charge is -2.12. The van der Waals surface area contributed by atoms with Gasteiger partial charge in [0.15, 0.2) is 0 Å². The summed E-state index contributed by atoms with van der Waals surface area (Å²) in [6.07, 6.45) is 0. The molecule has 0 fully saturated rings. The van der Waals surface area contributed by atoms with Crippen molar-refractivity contribution < 1.29 is 0 Å². The molecule has 0 unspecified atom stereocenters. The van der Waals surface area contributed by atoms with Crippen molar-refractivity contribution in [3.63, 3.8) is 0 Å². The Morgan fingerprint density at radius 3 is 2.49 bits per heavy atom. The van der Waals surface area contributed by atoms with Crippen LogP contribution in [0, 0.1) is 13.8 Å². The van der Waals surface area contributed by atoms with Crippen LogP contribution in [-0.4, -0.2) is 23.9 Å². The molecule has 4 heterocycles. The van der Waals surface area contributed by atoms with Crippen molar-refractivity contribution in [1.29, 1.82) is 0 Å². The second kappa shape index (κ2) is 9.14. The normalized spacial score (nSPS) is 11.5. The molecule has 0 aliphatic carbocycles. The molecule has 6 aromatic rings. The quantitative estimate of drug-likeness (QED) is 0.284. The second-order valence-electron chi connectivity index (χ2n) is 8.99. The van der Waals surface area contributed by atoms with Crippen LogP contribution in [0.2, 0.25) is 5.15 Å². The lowest BCUT2D eigenvalue weighted by atomic mass is 10.2. The minimum Gasteiger partial charge on any atom is -0.306 e. The van der Waals surface area contributed by atoms with Crippen molar-refractivity contribution >= 4 is 44.1 Å². The highest BCUT2D eigenvalue weighted by atomic mass is 35.5. The number of hydrogen-bond acceptors (Lipinski definition) is 5. The van der Waals surface area contributed by atoms with Gasteiger partial charge in [0.25, 0.3) is 11.1 Å². The van der Waals surface area contributed by atoms with E-state index in [-0.39, 0.29) is 17.7 Å².